The molecule has 1 aliphatic heterocycles. The normalized spacial score (nSPS) is 17.0. The number of benzene rings is 2. The molecule has 4 nitrogen and oxygen atoms in total. The second kappa shape index (κ2) is 8.16. The van der Waals surface area contributed by atoms with E-state index in [2.05, 4.69) is 23.3 Å². The van der Waals surface area contributed by atoms with Crippen LogP contribution < -0.4 is 5.32 Å². The van der Waals surface area contributed by atoms with Crippen molar-refractivity contribution in [1.29, 1.82) is 5.26 Å². The van der Waals surface area contributed by atoms with Gasteiger partial charge in [0.2, 0.25) is 0 Å². The van der Waals surface area contributed by atoms with Crippen LogP contribution >= 0.6 is 0 Å². The zero-order valence-electron chi connectivity index (χ0n) is 15.5. The minimum atomic E-state index is -0.0197. The van der Waals surface area contributed by atoms with E-state index in [-0.39, 0.29) is 5.91 Å². The SMILES string of the molecule is Cc1cc(C#N)ccc1-c1ccc(C(=O)NCC[C@H]2CCCN2C)cc1. The van der Waals surface area contributed by atoms with Crippen molar-refractivity contribution in [1.82, 2.24) is 10.2 Å². The number of amides is 1. The first kappa shape index (κ1) is 18.2. The lowest BCUT2D eigenvalue weighted by atomic mass is 9.98. The predicted octanol–water partition coefficient (Wildman–Crippen LogP) is 3.75. The minimum Gasteiger partial charge on any atom is -0.352 e. The number of likely N-dealkylation sites (tertiary alicyclic amines) is 1. The van der Waals surface area contributed by atoms with Crippen LogP contribution in [0.4, 0.5) is 0 Å². The lowest BCUT2D eigenvalue weighted by Gasteiger charge is -2.19. The van der Waals surface area contributed by atoms with Crippen LogP contribution in [0.15, 0.2) is 42.5 Å². The number of rotatable bonds is 5. The summed E-state index contributed by atoms with van der Waals surface area (Å²) < 4.78 is 0. The molecule has 1 amide bonds. The van der Waals surface area contributed by atoms with Gasteiger partial charge < -0.3 is 10.2 Å². The van der Waals surface area contributed by atoms with E-state index in [0.717, 1.165) is 29.7 Å². The third-order valence-electron chi connectivity index (χ3n) is 5.25. The number of carbonyl (C=O) groups is 1. The molecule has 4 heteroatoms. The van der Waals surface area contributed by atoms with E-state index < -0.39 is 0 Å². The molecule has 1 heterocycles. The van der Waals surface area contributed by atoms with Crippen LogP contribution in [0.5, 0.6) is 0 Å². The van der Waals surface area contributed by atoms with Gasteiger partial charge in [-0.15, -0.1) is 0 Å². The molecule has 0 aliphatic carbocycles. The lowest BCUT2D eigenvalue weighted by molar-refractivity contribution is 0.0950. The van der Waals surface area contributed by atoms with Crippen molar-refractivity contribution in [2.24, 2.45) is 0 Å². The van der Waals surface area contributed by atoms with Crippen LogP contribution in [0.3, 0.4) is 0 Å². The number of aryl methyl sites for hydroxylation is 1. The van der Waals surface area contributed by atoms with Crippen molar-refractivity contribution in [3.05, 3.63) is 59.2 Å². The summed E-state index contributed by atoms with van der Waals surface area (Å²) in [6, 6.07) is 16.1. The van der Waals surface area contributed by atoms with Gasteiger partial charge in [0.1, 0.15) is 0 Å². The van der Waals surface area contributed by atoms with Gasteiger partial charge in [0, 0.05) is 18.2 Å². The monoisotopic (exact) mass is 347 g/mol. The summed E-state index contributed by atoms with van der Waals surface area (Å²) >= 11 is 0. The molecule has 134 valence electrons. The van der Waals surface area contributed by atoms with Gasteiger partial charge in [-0.25, -0.2) is 0 Å². The van der Waals surface area contributed by atoms with Gasteiger partial charge >= 0.3 is 0 Å². The van der Waals surface area contributed by atoms with E-state index in [4.69, 9.17) is 5.26 Å². The Morgan fingerprint density at radius 1 is 1.27 bits per heavy atom. The highest BCUT2D eigenvalue weighted by Crippen LogP contribution is 2.24. The zero-order chi connectivity index (χ0) is 18.5. The van der Waals surface area contributed by atoms with Gasteiger partial charge in [-0.05, 0) is 80.7 Å². The molecule has 1 N–H and O–H groups in total. The van der Waals surface area contributed by atoms with E-state index >= 15 is 0 Å². The first-order chi connectivity index (χ1) is 12.6. The molecule has 1 atom stereocenters. The number of nitrogens with one attached hydrogen (secondary N) is 1. The van der Waals surface area contributed by atoms with Gasteiger partial charge in [0.05, 0.1) is 11.6 Å². The van der Waals surface area contributed by atoms with E-state index in [0.29, 0.717) is 23.7 Å². The smallest absolute Gasteiger partial charge is 0.251 e. The molecule has 1 aliphatic rings. The quantitative estimate of drug-likeness (QED) is 0.896. The molecule has 26 heavy (non-hydrogen) atoms. The van der Waals surface area contributed by atoms with Crippen LogP contribution in [-0.4, -0.2) is 37.0 Å². The molecular formula is C22H25N3O. The molecule has 0 aromatic heterocycles. The van der Waals surface area contributed by atoms with Crippen molar-refractivity contribution >= 4 is 5.91 Å². The predicted molar refractivity (Wildman–Crippen MR) is 104 cm³/mol. The Morgan fingerprint density at radius 2 is 2.04 bits per heavy atom. The van der Waals surface area contributed by atoms with Crippen LogP contribution in [0.25, 0.3) is 11.1 Å². The summed E-state index contributed by atoms with van der Waals surface area (Å²) in [5.74, 6) is -0.0197. The number of nitrogens with zero attached hydrogens (tertiary/aromatic N) is 2. The third kappa shape index (κ3) is 4.12. The molecule has 2 aromatic carbocycles. The maximum Gasteiger partial charge on any atom is 0.251 e. The van der Waals surface area contributed by atoms with E-state index in [9.17, 15) is 4.79 Å². The van der Waals surface area contributed by atoms with Crippen molar-refractivity contribution in [3.63, 3.8) is 0 Å². The molecule has 0 saturated carbocycles. The molecule has 0 spiro atoms. The lowest BCUT2D eigenvalue weighted by Crippen LogP contribution is -2.31. The number of hydrogen-bond donors (Lipinski definition) is 1. The maximum absolute atomic E-state index is 12.3. The topological polar surface area (TPSA) is 56.1 Å². The zero-order valence-corrected chi connectivity index (χ0v) is 15.5. The van der Waals surface area contributed by atoms with Crippen LogP contribution in [0.2, 0.25) is 0 Å². The van der Waals surface area contributed by atoms with Crippen molar-refractivity contribution < 1.29 is 4.79 Å². The molecule has 1 fully saturated rings. The van der Waals surface area contributed by atoms with Gasteiger partial charge in [-0.2, -0.15) is 5.26 Å². The van der Waals surface area contributed by atoms with Crippen molar-refractivity contribution in [2.45, 2.75) is 32.2 Å². The summed E-state index contributed by atoms with van der Waals surface area (Å²) in [6.45, 7) is 3.87. The minimum absolute atomic E-state index is 0.0197. The molecule has 0 bridgehead atoms. The first-order valence-electron chi connectivity index (χ1n) is 9.18. The number of hydrogen-bond acceptors (Lipinski definition) is 3. The Labute approximate surface area is 155 Å². The Morgan fingerprint density at radius 3 is 2.65 bits per heavy atom. The Hall–Kier alpha value is -2.64. The second-order valence-corrected chi connectivity index (χ2v) is 7.04. The average molecular weight is 347 g/mol. The highest BCUT2D eigenvalue weighted by Gasteiger charge is 2.20. The summed E-state index contributed by atoms with van der Waals surface area (Å²) in [5.41, 5.74) is 4.54. The molecular weight excluding hydrogens is 322 g/mol. The van der Waals surface area contributed by atoms with Gasteiger partial charge in [0.15, 0.2) is 0 Å². The summed E-state index contributed by atoms with van der Waals surface area (Å²) in [5, 5.41) is 12.0. The second-order valence-electron chi connectivity index (χ2n) is 7.04. The van der Waals surface area contributed by atoms with Crippen molar-refractivity contribution in [3.8, 4) is 17.2 Å². The molecule has 0 radical (unpaired) electrons. The first-order valence-corrected chi connectivity index (χ1v) is 9.18. The largest absolute Gasteiger partial charge is 0.352 e. The molecule has 2 aromatic rings. The Kier molecular flexibility index (Phi) is 5.70. The average Bonchev–Trinajstić information content (AvgIpc) is 3.06. The fourth-order valence-corrected chi connectivity index (χ4v) is 3.66. The number of carbonyl (C=O) groups excluding carboxylic acids is 1. The highest BCUT2D eigenvalue weighted by molar-refractivity contribution is 5.94. The standard InChI is InChI=1S/C22H25N3O/c1-16-14-17(15-23)5-10-21(16)18-6-8-19(9-7-18)22(26)24-12-11-20-4-3-13-25(20)2/h5-10,14,20H,3-4,11-13H2,1-2H3,(H,24,26)/t20-/m1/s1. The molecule has 0 unspecified atom stereocenters. The summed E-state index contributed by atoms with van der Waals surface area (Å²) in [6.07, 6.45) is 3.49. The molecule has 3 rings (SSSR count). The summed E-state index contributed by atoms with van der Waals surface area (Å²) in [7, 11) is 2.16. The molecule has 1 saturated heterocycles. The van der Waals surface area contributed by atoms with E-state index in [1.807, 2.05) is 49.4 Å². The van der Waals surface area contributed by atoms with Gasteiger partial charge in [-0.1, -0.05) is 18.2 Å². The van der Waals surface area contributed by atoms with Gasteiger partial charge in [-0.3, -0.25) is 4.79 Å². The fraction of sp³-hybridized carbons (Fsp3) is 0.364. The van der Waals surface area contributed by atoms with Crippen LogP contribution in [-0.2, 0) is 0 Å². The maximum atomic E-state index is 12.3. The Balaban J connectivity index is 1.60. The number of nitriles is 1. The van der Waals surface area contributed by atoms with E-state index in [1.54, 1.807) is 0 Å². The van der Waals surface area contributed by atoms with Crippen LogP contribution in [0.1, 0.15) is 40.7 Å². The Bertz CT molecular complexity index is 820. The fourth-order valence-electron chi connectivity index (χ4n) is 3.66. The van der Waals surface area contributed by atoms with Crippen molar-refractivity contribution in [2.75, 3.05) is 20.1 Å². The van der Waals surface area contributed by atoms with Crippen LogP contribution in [0, 0.1) is 18.3 Å². The highest BCUT2D eigenvalue weighted by atomic mass is 16.1. The van der Waals surface area contributed by atoms with E-state index in [1.165, 1.54) is 12.8 Å². The third-order valence-corrected chi connectivity index (χ3v) is 5.25. The van der Waals surface area contributed by atoms with Gasteiger partial charge in [0.25, 0.3) is 5.91 Å². The summed E-state index contributed by atoms with van der Waals surface area (Å²) in [4.78, 5) is 14.7.